The number of aromatic hydroxyl groups is 1. The average Bonchev–Trinajstić information content (AvgIpc) is 3.09. The number of phenols is 1. The third-order valence-corrected chi connectivity index (χ3v) is 5.64. The molecule has 3 N–H and O–H groups in total. The molecule has 4 rings (SSSR count). The van der Waals surface area contributed by atoms with Crippen LogP contribution in [0.5, 0.6) is 5.75 Å². The number of aryl methyl sites for hydroxylation is 1. The molecule has 0 aliphatic carbocycles. The van der Waals surface area contributed by atoms with Crippen LogP contribution in [0.3, 0.4) is 0 Å². The number of nitrogens with zero attached hydrogens (tertiary/aromatic N) is 2. The van der Waals surface area contributed by atoms with Crippen LogP contribution in [0.15, 0.2) is 30.3 Å². The van der Waals surface area contributed by atoms with E-state index in [0.717, 1.165) is 48.5 Å². The number of fused-ring (bicyclic) bond motifs is 1. The van der Waals surface area contributed by atoms with Crippen LogP contribution in [-0.2, 0) is 0 Å². The van der Waals surface area contributed by atoms with Gasteiger partial charge in [0.25, 0.3) is 0 Å². The first kappa shape index (κ1) is 18.6. The normalized spacial score (nSPS) is 15.2. The first-order valence-electron chi connectivity index (χ1n) is 10.0. The summed E-state index contributed by atoms with van der Waals surface area (Å²) in [7, 11) is 0. The molecule has 1 fully saturated rings. The molecule has 3 heterocycles. The molecular formula is C22H26N4O2. The summed E-state index contributed by atoms with van der Waals surface area (Å²) in [6.45, 7) is 4.10. The number of hydrogen-bond donors (Lipinski definition) is 3. The van der Waals surface area contributed by atoms with Gasteiger partial charge in [0.05, 0.1) is 11.1 Å². The smallest absolute Gasteiger partial charge is 0.182 e. The molecule has 0 atom stereocenters. The van der Waals surface area contributed by atoms with Gasteiger partial charge in [-0.2, -0.15) is 5.10 Å². The molecule has 1 saturated heterocycles. The molecule has 0 spiro atoms. The zero-order valence-electron chi connectivity index (χ0n) is 16.2. The number of pyridine rings is 1. The highest BCUT2D eigenvalue weighted by atomic mass is 16.3. The predicted molar refractivity (Wildman–Crippen MR) is 110 cm³/mol. The van der Waals surface area contributed by atoms with Crippen molar-refractivity contribution in [1.29, 1.82) is 0 Å². The van der Waals surface area contributed by atoms with Crippen molar-refractivity contribution in [3.8, 4) is 17.0 Å². The zero-order chi connectivity index (χ0) is 19.5. The lowest BCUT2D eigenvalue weighted by atomic mass is 9.91. The predicted octanol–water partition coefficient (Wildman–Crippen LogP) is 3.99. The van der Waals surface area contributed by atoms with E-state index in [9.17, 15) is 9.90 Å². The SMILES string of the molecule is Cc1[nH]nc2nc(-c3ccc(O)cc3)cc(C(=O)CCCC3CCNCC3)c12. The van der Waals surface area contributed by atoms with Crippen LogP contribution in [0.25, 0.3) is 22.3 Å². The number of carbonyl (C=O) groups excluding carboxylic acids is 1. The standard InChI is InChI=1S/C22H26N4O2/c1-14-21-18(20(28)4-2-3-15-9-11-23-12-10-15)13-19(24-22(21)26-25-14)16-5-7-17(27)8-6-16/h5-8,13,15,23,27H,2-4,9-12H2,1H3,(H,24,25,26). The Kier molecular flexibility index (Phi) is 5.39. The van der Waals surface area contributed by atoms with Gasteiger partial charge in [-0.15, -0.1) is 0 Å². The fraction of sp³-hybridized carbons (Fsp3) is 0.409. The van der Waals surface area contributed by atoms with Gasteiger partial charge < -0.3 is 10.4 Å². The largest absolute Gasteiger partial charge is 0.508 e. The fourth-order valence-corrected chi connectivity index (χ4v) is 4.03. The van der Waals surface area contributed by atoms with Crippen molar-refractivity contribution in [2.75, 3.05) is 13.1 Å². The second-order valence-corrected chi connectivity index (χ2v) is 7.66. The van der Waals surface area contributed by atoms with Crippen molar-refractivity contribution in [3.05, 3.63) is 41.6 Å². The first-order valence-corrected chi connectivity index (χ1v) is 10.0. The number of Topliss-reactive ketones (excluding diaryl/α,β-unsaturated/α-hetero) is 1. The number of phenolic OH excluding ortho intramolecular Hbond substituents is 1. The Morgan fingerprint density at radius 3 is 2.71 bits per heavy atom. The van der Waals surface area contributed by atoms with Crippen LogP contribution in [0.2, 0.25) is 0 Å². The van der Waals surface area contributed by atoms with E-state index in [-0.39, 0.29) is 11.5 Å². The maximum atomic E-state index is 13.1. The Morgan fingerprint density at radius 1 is 1.21 bits per heavy atom. The van der Waals surface area contributed by atoms with Crippen LogP contribution in [0.1, 0.15) is 48.2 Å². The van der Waals surface area contributed by atoms with Gasteiger partial charge in [-0.1, -0.05) is 0 Å². The molecule has 1 aliphatic heterocycles. The second-order valence-electron chi connectivity index (χ2n) is 7.66. The van der Waals surface area contributed by atoms with Crippen molar-refractivity contribution < 1.29 is 9.90 Å². The van der Waals surface area contributed by atoms with Crippen LogP contribution in [-0.4, -0.2) is 39.2 Å². The van der Waals surface area contributed by atoms with Crippen molar-refractivity contribution in [2.45, 2.75) is 39.0 Å². The van der Waals surface area contributed by atoms with Gasteiger partial charge in [0.15, 0.2) is 11.4 Å². The Balaban J connectivity index is 1.58. The summed E-state index contributed by atoms with van der Waals surface area (Å²) in [5.74, 6) is 1.08. The summed E-state index contributed by atoms with van der Waals surface area (Å²) in [5.41, 5.74) is 3.65. The van der Waals surface area contributed by atoms with E-state index in [2.05, 4.69) is 20.5 Å². The lowest BCUT2D eigenvalue weighted by Gasteiger charge is -2.22. The summed E-state index contributed by atoms with van der Waals surface area (Å²) in [6, 6.07) is 8.71. The van der Waals surface area contributed by atoms with E-state index < -0.39 is 0 Å². The summed E-state index contributed by atoms with van der Waals surface area (Å²) in [6.07, 6.45) is 4.98. The van der Waals surface area contributed by atoms with Crippen LogP contribution >= 0.6 is 0 Å². The minimum Gasteiger partial charge on any atom is -0.508 e. The van der Waals surface area contributed by atoms with E-state index in [4.69, 9.17) is 0 Å². The highest BCUT2D eigenvalue weighted by molar-refractivity contribution is 6.08. The van der Waals surface area contributed by atoms with Crippen molar-refractivity contribution >= 4 is 16.8 Å². The van der Waals surface area contributed by atoms with E-state index in [1.54, 1.807) is 24.3 Å². The number of H-pyrrole nitrogens is 1. The van der Waals surface area contributed by atoms with E-state index in [1.807, 2.05) is 13.0 Å². The number of rotatable bonds is 6. The van der Waals surface area contributed by atoms with Crippen molar-refractivity contribution in [3.63, 3.8) is 0 Å². The number of aromatic amines is 1. The molecule has 6 nitrogen and oxygen atoms in total. The van der Waals surface area contributed by atoms with Crippen molar-refractivity contribution in [1.82, 2.24) is 20.5 Å². The molecule has 0 saturated carbocycles. The van der Waals surface area contributed by atoms with E-state index >= 15 is 0 Å². The van der Waals surface area contributed by atoms with Gasteiger partial charge in [-0.05, 0) is 81.9 Å². The van der Waals surface area contributed by atoms with Gasteiger partial charge in [0.2, 0.25) is 0 Å². The Labute approximate surface area is 164 Å². The monoisotopic (exact) mass is 378 g/mol. The molecular weight excluding hydrogens is 352 g/mol. The average molecular weight is 378 g/mol. The minimum atomic E-state index is 0.144. The topological polar surface area (TPSA) is 90.9 Å². The number of ketones is 1. The molecule has 3 aromatic rings. The number of benzene rings is 1. The third-order valence-electron chi connectivity index (χ3n) is 5.64. The van der Waals surface area contributed by atoms with Crippen LogP contribution in [0, 0.1) is 12.8 Å². The molecule has 1 aromatic carbocycles. The van der Waals surface area contributed by atoms with Gasteiger partial charge in [0.1, 0.15) is 5.75 Å². The number of hydrogen-bond acceptors (Lipinski definition) is 5. The molecule has 0 radical (unpaired) electrons. The molecule has 0 bridgehead atoms. The summed E-state index contributed by atoms with van der Waals surface area (Å²) in [4.78, 5) is 17.7. The lowest BCUT2D eigenvalue weighted by molar-refractivity contribution is 0.0978. The lowest BCUT2D eigenvalue weighted by Crippen LogP contribution is -2.27. The quantitative estimate of drug-likeness (QED) is 0.564. The first-order chi connectivity index (χ1) is 13.6. The van der Waals surface area contributed by atoms with Gasteiger partial charge in [0, 0.05) is 23.2 Å². The van der Waals surface area contributed by atoms with Gasteiger partial charge in [-0.3, -0.25) is 9.89 Å². The van der Waals surface area contributed by atoms with E-state index in [1.165, 1.54) is 12.8 Å². The molecule has 0 amide bonds. The summed E-state index contributed by atoms with van der Waals surface area (Å²) < 4.78 is 0. The molecule has 28 heavy (non-hydrogen) atoms. The van der Waals surface area contributed by atoms with Crippen LogP contribution in [0.4, 0.5) is 0 Å². The maximum Gasteiger partial charge on any atom is 0.182 e. The highest BCUT2D eigenvalue weighted by Gasteiger charge is 2.19. The molecule has 0 unspecified atom stereocenters. The minimum absolute atomic E-state index is 0.144. The number of carbonyl (C=O) groups is 1. The third kappa shape index (κ3) is 3.92. The van der Waals surface area contributed by atoms with Gasteiger partial charge >= 0.3 is 0 Å². The second kappa shape index (κ2) is 8.10. The highest BCUT2D eigenvalue weighted by Crippen LogP contribution is 2.28. The molecule has 146 valence electrons. The molecule has 6 heteroatoms. The maximum absolute atomic E-state index is 13.1. The summed E-state index contributed by atoms with van der Waals surface area (Å²) in [5, 5.41) is 21.0. The fourth-order valence-electron chi connectivity index (χ4n) is 4.03. The Morgan fingerprint density at radius 2 is 1.96 bits per heavy atom. The Bertz CT molecular complexity index is 972. The van der Waals surface area contributed by atoms with Crippen LogP contribution < -0.4 is 5.32 Å². The molecule has 1 aliphatic rings. The van der Waals surface area contributed by atoms with Crippen molar-refractivity contribution in [2.24, 2.45) is 5.92 Å². The number of aromatic nitrogens is 3. The Hall–Kier alpha value is -2.73. The number of nitrogens with one attached hydrogen (secondary N) is 2. The van der Waals surface area contributed by atoms with E-state index in [0.29, 0.717) is 23.3 Å². The molecule has 2 aromatic heterocycles. The number of piperidine rings is 1. The van der Waals surface area contributed by atoms with Gasteiger partial charge in [-0.25, -0.2) is 4.98 Å². The summed E-state index contributed by atoms with van der Waals surface area (Å²) >= 11 is 0. The zero-order valence-corrected chi connectivity index (χ0v) is 16.2.